The van der Waals surface area contributed by atoms with Crippen molar-refractivity contribution in [2.45, 2.75) is 24.9 Å². The summed E-state index contributed by atoms with van der Waals surface area (Å²) in [5, 5.41) is 2.19. The summed E-state index contributed by atoms with van der Waals surface area (Å²) < 4.78 is 66.8. The number of rotatable bonds is 6. The van der Waals surface area contributed by atoms with Gasteiger partial charge in [-0.1, -0.05) is 35.9 Å². The Labute approximate surface area is 194 Å². The molecule has 0 spiro atoms. The second-order valence-electron chi connectivity index (χ2n) is 7.41. The van der Waals surface area contributed by atoms with Gasteiger partial charge in [0.25, 0.3) is 10.0 Å². The van der Waals surface area contributed by atoms with Crippen LogP contribution >= 0.6 is 11.6 Å². The minimum absolute atomic E-state index is 0.0333. The van der Waals surface area contributed by atoms with Crippen molar-refractivity contribution in [3.05, 3.63) is 88.4 Å². The van der Waals surface area contributed by atoms with Crippen LogP contribution in [-0.2, 0) is 21.0 Å². The van der Waals surface area contributed by atoms with Crippen LogP contribution in [0, 0.1) is 13.8 Å². The molecule has 1 N–H and O–H groups in total. The number of carbonyl (C=O) groups excluding carboxylic acids is 1. The second kappa shape index (κ2) is 9.44. The van der Waals surface area contributed by atoms with Gasteiger partial charge in [-0.3, -0.25) is 9.10 Å². The zero-order valence-electron chi connectivity index (χ0n) is 17.7. The summed E-state index contributed by atoms with van der Waals surface area (Å²) in [5.74, 6) is -0.852. The van der Waals surface area contributed by atoms with Gasteiger partial charge in [0, 0.05) is 0 Å². The number of benzene rings is 3. The molecule has 3 rings (SSSR count). The number of sulfonamides is 1. The van der Waals surface area contributed by atoms with Crippen LogP contribution in [0.1, 0.15) is 16.7 Å². The molecule has 1 amide bonds. The van der Waals surface area contributed by atoms with E-state index in [1.807, 2.05) is 6.07 Å². The minimum Gasteiger partial charge on any atom is -0.323 e. The van der Waals surface area contributed by atoms with Gasteiger partial charge in [-0.2, -0.15) is 13.2 Å². The molecule has 0 aliphatic heterocycles. The molecule has 3 aromatic carbocycles. The summed E-state index contributed by atoms with van der Waals surface area (Å²) in [6.45, 7) is 2.89. The van der Waals surface area contributed by atoms with Gasteiger partial charge in [-0.15, -0.1) is 0 Å². The first-order chi connectivity index (χ1) is 15.4. The highest BCUT2D eigenvalue weighted by Crippen LogP contribution is 2.34. The predicted molar refractivity (Wildman–Crippen MR) is 122 cm³/mol. The third-order valence-corrected chi connectivity index (χ3v) is 6.80. The Kier molecular flexibility index (Phi) is 7.04. The van der Waals surface area contributed by atoms with E-state index in [0.717, 1.165) is 27.6 Å². The van der Waals surface area contributed by atoms with E-state index >= 15 is 0 Å². The lowest BCUT2D eigenvalue weighted by Gasteiger charge is -2.25. The molecule has 0 saturated heterocycles. The number of nitrogens with one attached hydrogen (secondary N) is 1. The van der Waals surface area contributed by atoms with E-state index < -0.39 is 34.2 Å². The van der Waals surface area contributed by atoms with Crippen LogP contribution < -0.4 is 9.62 Å². The number of halogens is 4. The average Bonchev–Trinajstić information content (AvgIpc) is 2.72. The number of carbonyl (C=O) groups is 1. The van der Waals surface area contributed by atoms with Gasteiger partial charge in [0.15, 0.2) is 0 Å². The fourth-order valence-electron chi connectivity index (χ4n) is 3.25. The van der Waals surface area contributed by atoms with Crippen molar-refractivity contribution in [2.24, 2.45) is 0 Å². The average molecular weight is 497 g/mol. The molecule has 0 atom stereocenters. The lowest BCUT2D eigenvalue weighted by atomic mass is 10.1. The van der Waals surface area contributed by atoms with E-state index in [2.05, 4.69) is 5.32 Å². The maximum atomic E-state index is 13.4. The molecule has 0 radical (unpaired) electrons. The van der Waals surface area contributed by atoms with E-state index in [1.54, 1.807) is 44.2 Å². The van der Waals surface area contributed by atoms with Crippen molar-refractivity contribution in [3.63, 3.8) is 0 Å². The topological polar surface area (TPSA) is 66.5 Å². The Balaban J connectivity index is 1.98. The minimum atomic E-state index is -4.63. The molecule has 0 fully saturated rings. The van der Waals surface area contributed by atoms with Gasteiger partial charge >= 0.3 is 6.18 Å². The normalized spacial score (nSPS) is 11.8. The number of amides is 1. The fraction of sp³-hybridized carbons (Fsp3) is 0.174. The summed E-state index contributed by atoms with van der Waals surface area (Å²) >= 11 is 5.96. The van der Waals surface area contributed by atoms with E-state index in [-0.39, 0.29) is 21.3 Å². The number of hydrogen-bond donors (Lipinski definition) is 1. The van der Waals surface area contributed by atoms with Gasteiger partial charge in [0.1, 0.15) is 6.54 Å². The first kappa shape index (κ1) is 24.6. The maximum Gasteiger partial charge on any atom is 0.416 e. The van der Waals surface area contributed by atoms with Crippen LogP contribution in [0.2, 0.25) is 5.02 Å². The Morgan fingerprint density at radius 3 is 2.15 bits per heavy atom. The van der Waals surface area contributed by atoms with Crippen molar-refractivity contribution in [1.29, 1.82) is 0 Å². The number of alkyl halides is 3. The van der Waals surface area contributed by atoms with E-state index in [4.69, 9.17) is 11.6 Å². The van der Waals surface area contributed by atoms with Crippen LogP contribution in [0.3, 0.4) is 0 Å². The largest absolute Gasteiger partial charge is 0.416 e. The molecular weight excluding hydrogens is 477 g/mol. The zero-order valence-corrected chi connectivity index (χ0v) is 19.2. The molecule has 33 heavy (non-hydrogen) atoms. The summed E-state index contributed by atoms with van der Waals surface area (Å²) in [6.07, 6.45) is -4.63. The number of nitrogens with zero attached hydrogens (tertiary/aromatic N) is 1. The van der Waals surface area contributed by atoms with Crippen molar-refractivity contribution >= 4 is 38.9 Å². The monoisotopic (exact) mass is 496 g/mol. The number of hydrogen-bond acceptors (Lipinski definition) is 3. The van der Waals surface area contributed by atoms with Crippen molar-refractivity contribution in [2.75, 3.05) is 16.2 Å². The molecule has 0 aliphatic carbocycles. The summed E-state index contributed by atoms with van der Waals surface area (Å²) in [7, 11) is -4.16. The van der Waals surface area contributed by atoms with E-state index in [1.165, 1.54) is 12.1 Å². The standard InChI is InChI=1S/C23H20ClF3N2O3S/c1-15-10-16(2)12-18(11-15)29(33(31,32)19-6-4-3-5-7-19)14-22(30)28-21-13-17(23(25,26)27)8-9-20(21)24/h3-13H,14H2,1-2H3,(H,28,30). The molecule has 0 unspecified atom stereocenters. The van der Waals surface area contributed by atoms with Crippen molar-refractivity contribution in [1.82, 2.24) is 0 Å². The highest BCUT2D eigenvalue weighted by Gasteiger charge is 2.32. The molecule has 0 saturated carbocycles. The summed E-state index contributed by atoms with van der Waals surface area (Å²) in [5.41, 5.74) is 0.542. The molecule has 3 aromatic rings. The highest BCUT2D eigenvalue weighted by atomic mass is 35.5. The Morgan fingerprint density at radius 2 is 1.58 bits per heavy atom. The lowest BCUT2D eigenvalue weighted by molar-refractivity contribution is -0.137. The molecule has 0 heterocycles. The van der Waals surface area contributed by atoms with Crippen LogP contribution in [-0.4, -0.2) is 20.9 Å². The number of aryl methyl sites for hydroxylation is 2. The molecular formula is C23H20ClF3N2O3S. The van der Waals surface area contributed by atoms with Gasteiger partial charge in [-0.25, -0.2) is 8.42 Å². The molecule has 174 valence electrons. The zero-order chi connectivity index (χ0) is 24.4. The molecule has 5 nitrogen and oxygen atoms in total. The Bertz CT molecular complexity index is 1260. The SMILES string of the molecule is Cc1cc(C)cc(N(CC(=O)Nc2cc(C(F)(F)F)ccc2Cl)S(=O)(=O)c2ccccc2)c1. The molecule has 0 aromatic heterocycles. The quantitative estimate of drug-likeness (QED) is 0.468. The maximum absolute atomic E-state index is 13.4. The predicted octanol–water partition coefficient (Wildman–Crippen LogP) is 5.81. The highest BCUT2D eigenvalue weighted by molar-refractivity contribution is 7.92. The van der Waals surface area contributed by atoms with E-state index in [9.17, 15) is 26.4 Å². The van der Waals surface area contributed by atoms with Crippen LogP contribution in [0.15, 0.2) is 71.6 Å². The van der Waals surface area contributed by atoms with Crippen LogP contribution in [0.25, 0.3) is 0 Å². The third kappa shape index (κ3) is 5.85. The lowest BCUT2D eigenvalue weighted by Crippen LogP contribution is -2.38. The van der Waals surface area contributed by atoms with Gasteiger partial charge in [0.05, 0.1) is 26.9 Å². The molecule has 10 heteroatoms. The van der Waals surface area contributed by atoms with Gasteiger partial charge in [-0.05, 0) is 67.4 Å². The van der Waals surface area contributed by atoms with Crippen LogP contribution in [0.4, 0.5) is 24.5 Å². The van der Waals surface area contributed by atoms with E-state index in [0.29, 0.717) is 6.07 Å². The molecule has 0 aliphatic rings. The van der Waals surface area contributed by atoms with Crippen molar-refractivity contribution < 1.29 is 26.4 Å². The summed E-state index contributed by atoms with van der Waals surface area (Å²) in [6, 6.07) is 15.1. The van der Waals surface area contributed by atoms with Crippen LogP contribution in [0.5, 0.6) is 0 Å². The number of anilines is 2. The Morgan fingerprint density at radius 1 is 0.970 bits per heavy atom. The summed E-state index contributed by atoms with van der Waals surface area (Å²) in [4.78, 5) is 12.8. The first-order valence-corrected chi connectivity index (χ1v) is 11.5. The Hall–Kier alpha value is -3.04. The first-order valence-electron chi connectivity index (χ1n) is 9.70. The molecule has 0 bridgehead atoms. The van der Waals surface area contributed by atoms with Gasteiger partial charge in [0.2, 0.25) is 5.91 Å². The third-order valence-electron chi connectivity index (χ3n) is 4.68. The fourth-order valence-corrected chi connectivity index (χ4v) is 4.84. The van der Waals surface area contributed by atoms with Crippen molar-refractivity contribution in [3.8, 4) is 0 Å². The smallest absolute Gasteiger partial charge is 0.323 e. The second-order valence-corrected chi connectivity index (χ2v) is 9.68. The van der Waals surface area contributed by atoms with Gasteiger partial charge < -0.3 is 5.32 Å².